The minimum Gasteiger partial charge on any atom is -0.508 e. The number of allylic oxidation sites excluding steroid dienone is 4. The van der Waals surface area contributed by atoms with Gasteiger partial charge in [-0.25, -0.2) is 0 Å². The lowest BCUT2D eigenvalue weighted by Crippen LogP contribution is -2.11. The van der Waals surface area contributed by atoms with Gasteiger partial charge in [0.1, 0.15) is 11.5 Å². The zero-order valence-corrected chi connectivity index (χ0v) is 13.4. The monoisotopic (exact) mass is 318 g/mol. The minimum absolute atomic E-state index is 0.00371. The van der Waals surface area contributed by atoms with Crippen LogP contribution in [0.5, 0.6) is 11.5 Å². The van der Waals surface area contributed by atoms with E-state index in [-0.39, 0.29) is 35.7 Å². The van der Waals surface area contributed by atoms with Gasteiger partial charge in [0.05, 0.1) is 18.6 Å². The van der Waals surface area contributed by atoms with Gasteiger partial charge in [-0.2, -0.15) is 0 Å². The normalized spacial score (nSPS) is 11.2. The van der Waals surface area contributed by atoms with Crippen LogP contribution in [-0.2, 0) is 16.0 Å². The van der Waals surface area contributed by atoms with Crippen molar-refractivity contribution in [2.24, 2.45) is 0 Å². The molecule has 0 unspecified atom stereocenters. The third kappa shape index (κ3) is 5.98. The molecule has 0 aromatic heterocycles. The number of rotatable bonds is 8. The fourth-order valence-electron chi connectivity index (χ4n) is 2.03. The van der Waals surface area contributed by atoms with Gasteiger partial charge in [0.25, 0.3) is 0 Å². The molecule has 0 bridgehead atoms. The van der Waals surface area contributed by atoms with Gasteiger partial charge < -0.3 is 14.9 Å². The summed E-state index contributed by atoms with van der Waals surface area (Å²) in [4.78, 5) is 23.9. The number of hydrogen-bond acceptors (Lipinski definition) is 5. The number of esters is 1. The first kappa shape index (κ1) is 18.5. The third-order valence-corrected chi connectivity index (χ3v) is 3.02. The van der Waals surface area contributed by atoms with E-state index in [1.54, 1.807) is 19.1 Å². The molecule has 0 spiro atoms. The van der Waals surface area contributed by atoms with Crippen molar-refractivity contribution in [3.05, 3.63) is 47.6 Å². The summed E-state index contributed by atoms with van der Waals surface area (Å²) in [7, 11) is 0. The lowest BCUT2D eigenvalue weighted by Gasteiger charge is -2.09. The van der Waals surface area contributed by atoms with Gasteiger partial charge in [0.2, 0.25) is 0 Å². The van der Waals surface area contributed by atoms with Crippen molar-refractivity contribution in [1.82, 2.24) is 0 Å². The molecule has 0 atom stereocenters. The molecule has 0 radical (unpaired) electrons. The van der Waals surface area contributed by atoms with Gasteiger partial charge in [0, 0.05) is 6.07 Å². The molecule has 0 amide bonds. The quantitative estimate of drug-likeness (QED) is 0.332. The van der Waals surface area contributed by atoms with Crippen molar-refractivity contribution >= 4 is 11.8 Å². The Hall–Kier alpha value is -2.56. The Labute approximate surface area is 135 Å². The van der Waals surface area contributed by atoms with Crippen LogP contribution in [0.2, 0.25) is 0 Å². The van der Waals surface area contributed by atoms with Gasteiger partial charge >= 0.3 is 5.97 Å². The fraction of sp³-hybridized carbons (Fsp3) is 0.333. The fourth-order valence-corrected chi connectivity index (χ4v) is 2.03. The largest absolute Gasteiger partial charge is 0.508 e. The molecule has 1 rings (SSSR count). The second-order valence-corrected chi connectivity index (χ2v) is 4.92. The number of phenols is 2. The van der Waals surface area contributed by atoms with E-state index in [9.17, 15) is 19.8 Å². The number of unbranched alkanes of at least 4 members (excludes halogenated alkanes) is 1. The summed E-state index contributed by atoms with van der Waals surface area (Å²) >= 11 is 0. The van der Waals surface area contributed by atoms with Gasteiger partial charge in [-0.1, -0.05) is 31.6 Å². The number of carbonyl (C=O) groups is 2. The summed E-state index contributed by atoms with van der Waals surface area (Å²) in [5.41, 5.74) is 0.226. The highest BCUT2D eigenvalue weighted by Crippen LogP contribution is 2.28. The Bertz CT molecular complexity index is 614. The molecule has 1 aromatic carbocycles. The van der Waals surface area contributed by atoms with Gasteiger partial charge in [-0.15, -0.1) is 0 Å². The number of benzene rings is 1. The zero-order valence-electron chi connectivity index (χ0n) is 13.4. The van der Waals surface area contributed by atoms with Crippen LogP contribution in [0, 0.1) is 0 Å². The predicted octanol–water partition coefficient (Wildman–Crippen LogP) is 3.30. The van der Waals surface area contributed by atoms with E-state index in [1.165, 1.54) is 12.1 Å². The van der Waals surface area contributed by atoms with Crippen molar-refractivity contribution in [1.29, 1.82) is 0 Å². The Morgan fingerprint density at radius 1 is 1.17 bits per heavy atom. The van der Waals surface area contributed by atoms with Gasteiger partial charge in [-0.05, 0) is 31.1 Å². The van der Waals surface area contributed by atoms with Crippen LogP contribution < -0.4 is 0 Å². The van der Waals surface area contributed by atoms with Crippen LogP contribution in [0.15, 0.2) is 36.4 Å². The zero-order chi connectivity index (χ0) is 17.2. The first-order valence-electron chi connectivity index (χ1n) is 7.57. The molecule has 23 heavy (non-hydrogen) atoms. The molecule has 5 nitrogen and oxygen atoms in total. The Kier molecular flexibility index (Phi) is 7.60. The molecule has 0 aliphatic carbocycles. The van der Waals surface area contributed by atoms with Crippen molar-refractivity contribution in [2.75, 3.05) is 6.61 Å². The molecular weight excluding hydrogens is 296 g/mol. The number of hydrogen-bond donors (Lipinski definition) is 2. The number of ketones is 1. The van der Waals surface area contributed by atoms with E-state index in [1.807, 2.05) is 6.08 Å². The highest BCUT2D eigenvalue weighted by Gasteiger charge is 2.18. The van der Waals surface area contributed by atoms with E-state index < -0.39 is 11.8 Å². The third-order valence-electron chi connectivity index (χ3n) is 3.02. The average molecular weight is 318 g/mol. The summed E-state index contributed by atoms with van der Waals surface area (Å²) in [6, 6.07) is 2.35. The lowest BCUT2D eigenvalue weighted by atomic mass is 9.99. The first-order chi connectivity index (χ1) is 11.0. The van der Waals surface area contributed by atoms with Crippen LogP contribution in [0.3, 0.4) is 0 Å². The van der Waals surface area contributed by atoms with Crippen LogP contribution in [0.1, 0.15) is 42.6 Å². The van der Waals surface area contributed by atoms with Crippen molar-refractivity contribution in [3.63, 3.8) is 0 Å². The van der Waals surface area contributed by atoms with Gasteiger partial charge in [0.15, 0.2) is 5.78 Å². The highest BCUT2D eigenvalue weighted by atomic mass is 16.5. The molecule has 0 saturated carbocycles. The van der Waals surface area contributed by atoms with Crippen LogP contribution >= 0.6 is 0 Å². The molecule has 0 fully saturated rings. The molecule has 0 aliphatic rings. The summed E-state index contributed by atoms with van der Waals surface area (Å²) in [5, 5.41) is 19.5. The first-order valence-corrected chi connectivity index (χ1v) is 7.57. The molecule has 1 aromatic rings. The topological polar surface area (TPSA) is 83.8 Å². The number of carbonyl (C=O) groups excluding carboxylic acids is 2. The summed E-state index contributed by atoms with van der Waals surface area (Å²) in [6.45, 7) is 3.94. The van der Waals surface area contributed by atoms with E-state index in [0.717, 1.165) is 18.9 Å². The van der Waals surface area contributed by atoms with Crippen LogP contribution in [-0.4, -0.2) is 28.6 Å². The predicted molar refractivity (Wildman–Crippen MR) is 87.6 cm³/mol. The van der Waals surface area contributed by atoms with Crippen LogP contribution in [0.4, 0.5) is 0 Å². The summed E-state index contributed by atoms with van der Waals surface area (Å²) < 4.78 is 4.84. The second kappa shape index (κ2) is 9.46. The standard InChI is InChI=1S/C18H22O5/c1-3-5-6-7-8-9-15(20)18-13(11-17(22)23-4-2)10-14(19)12-16(18)21/h6-10,12,19,21H,3-5,11H2,1-2H3/b7-6+,9-8+. The Morgan fingerprint density at radius 2 is 1.91 bits per heavy atom. The number of aromatic hydroxyl groups is 2. The molecule has 2 N–H and O–H groups in total. The second-order valence-electron chi connectivity index (χ2n) is 4.92. The maximum absolute atomic E-state index is 12.3. The molecule has 0 aliphatic heterocycles. The van der Waals surface area contributed by atoms with E-state index in [2.05, 4.69) is 6.92 Å². The van der Waals surface area contributed by atoms with Crippen molar-refractivity contribution < 1.29 is 24.5 Å². The maximum Gasteiger partial charge on any atom is 0.310 e. The van der Waals surface area contributed by atoms with Crippen molar-refractivity contribution in [2.45, 2.75) is 33.1 Å². The van der Waals surface area contributed by atoms with Crippen LogP contribution in [0.25, 0.3) is 0 Å². The Morgan fingerprint density at radius 3 is 2.57 bits per heavy atom. The molecule has 5 heteroatoms. The smallest absolute Gasteiger partial charge is 0.310 e. The van der Waals surface area contributed by atoms with E-state index in [4.69, 9.17) is 4.74 Å². The lowest BCUT2D eigenvalue weighted by molar-refractivity contribution is -0.142. The van der Waals surface area contributed by atoms with E-state index in [0.29, 0.717) is 0 Å². The summed E-state index contributed by atoms with van der Waals surface area (Å²) in [5.74, 6) is -1.55. The number of phenolic OH excluding ortho intramolecular Hbond substituents is 2. The van der Waals surface area contributed by atoms with Gasteiger partial charge in [-0.3, -0.25) is 9.59 Å². The number of ether oxygens (including phenoxy) is 1. The summed E-state index contributed by atoms with van der Waals surface area (Å²) in [6.07, 6.45) is 8.31. The molecule has 0 heterocycles. The Balaban J connectivity index is 3.03. The highest BCUT2D eigenvalue weighted by molar-refractivity contribution is 6.08. The van der Waals surface area contributed by atoms with E-state index >= 15 is 0 Å². The maximum atomic E-state index is 12.3. The average Bonchev–Trinajstić information content (AvgIpc) is 2.46. The molecule has 124 valence electrons. The molecule has 0 saturated heterocycles. The van der Waals surface area contributed by atoms with Crippen molar-refractivity contribution in [3.8, 4) is 11.5 Å². The SMILES string of the molecule is CCC/C=C/C=C/C(=O)c1c(O)cc(O)cc1CC(=O)OCC. The molecular formula is C18H22O5. The minimum atomic E-state index is -0.529.